The molecule has 0 aromatic carbocycles. The lowest BCUT2D eigenvalue weighted by Crippen LogP contribution is -2.51. The van der Waals surface area contributed by atoms with Gasteiger partial charge in [-0.15, -0.1) is 0 Å². The molecule has 0 heterocycles. The lowest BCUT2D eigenvalue weighted by atomic mass is 9.97. The maximum atomic E-state index is 10.8. The van der Waals surface area contributed by atoms with Crippen molar-refractivity contribution in [3.63, 3.8) is 0 Å². The van der Waals surface area contributed by atoms with E-state index in [1.54, 1.807) is 0 Å². The first-order valence-corrected chi connectivity index (χ1v) is 6.35. The van der Waals surface area contributed by atoms with Crippen molar-refractivity contribution in [3.8, 4) is 0 Å². The van der Waals surface area contributed by atoms with Crippen LogP contribution in [-0.4, -0.2) is 39.5 Å². The Morgan fingerprint density at radius 1 is 1.36 bits per heavy atom. The molecule has 84 valence electrons. The molecular weight excluding hydrogens is 202 g/mol. The zero-order valence-electron chi connectivity index (χ0n) is 8.78. The molecule has 0 unspecified atom stereocenters. The van der Waals surface area contributed by atoms with Crippen LogP contribution in [0.1, 0.15) is 25.7 Å². The second kappa shape index (κ2) is 4.14. The molecule has 1 aliphatic rings. The average molecular weight is 221 g/mol. The SMILES string of the molecule is CN(C)C1(CNS(N)(=O)=O)CCCC1. The third kappa shape index (κ3) is 2.91. The molecule has 5 nitrogen and oxygen atoms in total. The van der Waals surface area contributed by atoms with E-state index < -0.39 is 10.2 Å². The van der Waals surface area contributed by atoms with Crippen molar-refractivity contribution in [2.45, 2.75) is 31.2 Å². The van der Waals surface area contributed by atoms with E-state index in [-0.39, 0.29) is 5.54 Å². The van der Waals surface area contributed by atoms with Crippen LogP contribution in [0, 0.1) is 0 Å². The number of nitrogens with zero attached hydrogens (tertiary/aromatic N) is 1. The topological polar surface area (TPSA) is 75.4 Å². The number of nitrogens with two attached hydrogens (primary N) is 1. The minimum absolute atomic E-state index is 0.0353. The van der Waals surface area contributed by atoms with Gasteiger partial charge in [0.1, 0.15) is 0 Å². The van der Waals surface area contributed by atoms with Crippen molar-refractivity contribution in [1.82, 2.24) is 9.62 Å². The molecular formula is C8H19N3O2S. The highest BCUT2D eigenvalue weighted by Gasteiger charge is 2.36. The van der Waals surface area contributed by atoms with Gasteiger partial charge in [-0.1, -0.05) is 12.8 Å². The summed E-state index contributed by atoms with van der Waals surface area (Å²) in [6, 6.07) is 0. The van der Waals surface area contributed by atoms with Gasteiger partial charge in [0, 0.05) is 12.1 Å². The smallest absolute Gasteiger partial charge is 0.274 e. The van der Waals surface area contributed by atoms with E-state index in [4.69, 9.17) is 5.14 Å². The number of nitrogens with one attached hydrogen (secondary N) is 1. The standard InChI is InChI=1S/C8H19N3O2S/c1-11(2)8(5-3-4-6-8)7-10-14(9,12)13/h10H,3-7H2,1-2H3,(H2,9,12,13). The maximum Gasteiger partial charge on any atom is 0.274 e. The summed E-state index contributed by atoms with van der Waals surface area (Å²) in [6.07, 6.45) is 4.37. The molecule has 0 radical (unpaired) electrons. The minimum atomic E-state index is -3.56. The van der Waals surface area contributed by atoms with Gasteiger partial charge in [0.15, 0.2) is 0 Å². The van der Waals surface area contributed by atoms with Gasteiger partial charge >= 0.3 is 0 Å². The summed E-state index contributed by atoms with van der Waals surface area (Å²) in [5, 5.41) is 4.92. The van der Waals surface area contributed by atoms with Crippen molar-refractivity contribution in [2.75, 3.05) is 20.6 Å². The van der Waals surface area contributed by atoms with Gasteiger partial charge in [-0.05, 0) is 26.9 Å². The summed E-state index contributed by atoms with van der Waals surface area (Å²) in [5.74, 6) is 0. The van der Waals surface area contributed by atoms with Crippen molar-refractivity contribution in [2.24, 2.45) is 5.14 Å². The fourth-order valence-electron chi connectivity index (χ4n) is 2.05. The van der Waals surface area contributed by atoms with Gasteiger partial charge in [0.25, 0.3) is 10.2 Å². The fraction of sp³-hybridized carbons (Fsp3) is 1.00. The van der Waals surface area contributed by atoms with Crippen molar-refractivity contribution in [1.29, 1.82) is 0 Å². The monoisotopic (exact) mass is 221 g/mol. The molecule has 1 saturated carbocycles. The molecule has 0 atom stereocenters. The molecule has 0 aliphatic heterocycles. The highest BCUT2D eigenvalue weighted by Crippen LogP contribution is 2.33. The van der Waals surface area contributed by atoms with Crippen LogP contribution < -0.4 is 9.86 Å². The van der Waals surface area contributed by atoms with Crippen molar-refractivity contribution < 1.29 is 8.42 Å². The summed E-state index contributed by atoms with van der Waals surface area (Å²) >= 11 is 0. The minimum Gasteiger partial charge on any atom is -0.302 e. The molecule has 1 aliphatic carbocycles. The van der Waals surface area contributed by atoms with Crippen LogP contribution >= 0.6 is 0 Å². The van der Waals surface area contributed by atoms with E-state index in [0.717, 1.165) is 25.7 Å². The first-order valence-electron chi connectivity index (χ1n) is 4.81. The molecule has 1 fully saturated rings. The Bertz CT molecular complexity index is 281. The second-order valence-corrected chi connectivity index (χ2v) is 5.57. The van der Waals surface area contributed by atoms with Crippen LogP contribution in [0.5, 0.6) is 0 Å². The maximum absolute atomic E-state index is 10.8. The molecule has 0 saturated heterocycles. The van der Waals surface area contributed by atoms with Crippen LogP contribution in [0.4, 0.5) is 0 Å². The molecule has 1 rings (SSSR count). The predicted molar refractivity (Wildman–Crippen MR) is 56.0 cm³/mol. The van der Waals surface area contributed by atoms with Gasteiger partial charge < -0.3 is 4.90 Å². The normalized spacial score (nSPS) is 21.7. The molecule has 0 bridgehead atoms. The average Bonchev–Trinajstić information content (AvgIpc) is 2.48. The Morgan fingerprint density at radius 2 is 1.86 bits per heavy atom. The van der Waals surface area contributed by atoms with E-state index >= 15 is 0 Å². The zero-order valence-corrected chi connectivity index (χ0v) is 9.60. The first-order chi connectivity index (χ1) is 6.36. The quantitative estimate of drug-likeness (QED) is 0.681. The molecule has 6 heteroatoms. The van der Waals surface area contributed by atoms with E-state index in [0.29, 0.717) is 6.54 Å². The Morgan fingerprint density at radius 3 is 2.21 bits per heavy atom. The van der Waals surface area contributed by atoms with Gasteiger partial charge in [0.05, 0.1) is 0 Å². The summed E-state index contributed by atoms with van der Waals surface area (Å²) in [6.45, 7) is 0.416. The largest absolute Gasteiger partial charge is 0.302 e. The molecule has 14 heavy (non-hydrogen) atoms. The Balaban J connectivity index is 2.61. The Labute approximate surface area is 85.8 Å². The van der Waals surface area contributed by atoms with Crippen LogP contribution in [0.3, 0.4) is 0 Å². The lowest BCUT2D eigenvalue weighted by Gasteiger charge is -2.36. The number of hydrogen-bond donors (Lipinski definition) is 2. The van der Waals surface area contributed by atoms with E-state index in [2.05, 4.69) is 9.62 Å². The second-order valence-electron chi connectivity index (χ2n) is 4.19. The molecule has 0 aromatic rings. The summed E-state index contributed by atoms with van der Waals surface area (Å²) in [7, 11) is 0.405. The molecule has 0 aromatic heterocycles. The molecule has 0 spiro atoms. The summed E-state index contributed by atoms with van der Waals surface area (Å²) in [5.41, 5.74) is -0.0353. The van der Waals surface area contributed by atoms with Gasteiger partial charge in [0.2, 0.25) is 0 Å². The fourth-order valence-corrected chi connectivity index (χ4v) is 2.52. The Hall–Kier alpha value is -0.170. The van der Waals surface area contributed by atoms with E-state index in [1.807, 2.05) is 14.1 Å². The third-order valence-corrected chi connectivity index (χ3v) is 3.63. The van der Waals surface area contributed by atoms with Gasteiger partial charge in [-0.25, -0.2) is 9.86 Å². The van der Waals surface area contributed by atoms with Crippen molar-refractivity contribution >= 4 is 10.2 Å². The molecule has 3 N–H and O–H groups in total. The predicted octanol–water partition coefficient (Wildman–Crippen LogP) is -0.346. The van der Waals surface area contributed by atoms with Gasteiger partial charge in [-0.2, -0.15) is 8.42 Å². The number of hydrogen-bond acceptors (Lipinski definition) is 3. The Kier molecular flexibility index (Phi) is 3.52. The van der Waals surface area contributed by atoms with Crippen molar-refractivity contribution in [3.05, 3.63) is 0 Å². The first kappa shape index (κ1) is 11.9. The number of rotatable bonds is 4. The lowest BCUT2D eigenvalue weighted by molar-refractivity contribution is 0.162. The van der Waals surface area contributed by atoms with Crippen LogP contribution in [0.2, 0.25) is 0 Å². The summed E-state index contributed by atoms with van der Waals surface area (Å²) in [4.78, 5) is 2.10. The van der Waals surface area contributed by atoms with Gasteiger partial charge in [-0.3, -0.25) is 0 Å². The molecule has 0 amide bonds. The summed E-state index contributed by atoms with van der Waals surface area (Å²) < 4.78 is 24.0. The van der Waals surface area contributed by atoms with Crippen LogP contribution in [0.25, 0.3) is 0 Å². The van der Waals surface area contributed by atoms with E-state index in [9.17, 15) is 8.42 Å². The zero-order chi connectivity index (χ0) is 10.8. The van der Waals surface area contributed by atoms with Crippen LogP contribution in [0.15, 0.2) is 0 Å². The highest BCUT2D eigenvalue weighted by molar-refractivity contribution is 7.87. The van der Waals surface area contributed by atoms with E-state index in [1.165, 1.54) is 0 Å². The number of likely N-dealkylation sites (N-methyl/N-ethyl adjacent to an activating group) is 1. The van der Waals surface area contributed by atoms with Crippen LogP contribution in [-0.2, 0) is 10.2 Å². The highest BCUT2D eigenvalue weighted by atomic mass is 32.2. The third-order valence-electron chi connectivity index (χ3n) is 3.09.